The van der Waals surface area contributed by atoms with Crippen molar-refractivity contribution in [2.45, 2.75) is 107 Å². The number of hydrogen-bond donors (Lipinski definition) is 0. The van der Waals surface area contributed by atoms with Gasteiger partial charge in [0.1, 0.15) is 0 Å². The Bertz CT molecular complexity index is 283. The van der Waals surface area contributed by atoms with Crippen LogP contribution in [0.15, 0.2) is 0 Å². The minimum atomic E-state index is 0. The third kappa shape index (κ3) is 7.16. The summed E-state index contributed by atoms with van der Waals surface area (Å²) in [4.78, 5) is 0. The summed E-state index contributed by atoms with van der Waals surface area (Å²) in [5, 5.41) is 0. The van der Waals surface area contributed by atoms with Gasteiger partial charge in [0.15, 0.2) is 0 Å². The summed E-state index contributed by atoms with van der Waals surface area (Å²) < 4.78 is 0. The zero-order valence-corrected chi connectivity index (χ0v) is 17.5. The van der Waals surface area contributed by atoms with E-state index in [4.69, 9.17) is 0 Å². The van der Waals surface area contributed by atoms with E-state index in [0.29, 0.717) is 10.8 Å². The number of hydrogen-bond acceptors (Lipinski definition) is 0. The van der Waals surface area contributed by atoms with Crippen LogP contribution >= 0.6 is 0 Å². The normalized spacial score (nSPS) is 29.2. The predicted octanol–water partition coefficient (Wildman–Crippen LogP) is 6.89. The summed E-state index contributed by atoms with van der Waals surface area (Å²) in [5.74, 6) is 3.64. The summed E-state index contributed by atoms with van der Waals surface area (Å²) in [7, 11) is 0. The summed E-state index contributed by atoms with van der Waals surface area (Å²) in [5.41, 5.74) is 0.924. The molecule has 1 aliphatic rings. The van der Waals surface area contributed by atoms with Gasteiger partial charge in [-0.3, -0.25) is 0 Å². The van der Waals surface area contributed by atoms with Crippen LogP contribution in [0.1, 0.15) is 107 Å². The topological polar surface area (TPSA) is 31.5 Å². The summed E-state index contributed by atoms with van der Waals surface area (Å²) >= 11 is 0. The van der Waals surface area contributed by atoms with Crippen molar-refractivity contribution < 1.29 is 5.48 Å². The third-order valence-electron chi connectivity index (χ3n) is 6.38. The van der Waals surface area contributed by atoms with Crippen molar-refractivity contribution >= 4 is 0 Å². The first-order valence-corrected chi connectivity index (χ1v) is 10.1. The average molecular weight is 327 g/mol. The Morgan fingerprint density at radius 1 is 0.739 bits per heavy atom. The van der Waals surface area contributed by atoms with E-state index in [1.807, 2.05) is 0 Å². The molecule has 2 unspecified atom stereocenters. The van der Waals surface area contributed by atoms with Gasteiger partial charge in [0, 0.05) is 0 Å². The van der Waals surface area contributed by atoms with Gasteiger partial charge in [-0.2, -0.15) is 0 Å². The minimum Gasteiger partial charge on any atom is -0.412 e. The van der Waals surface area contributed by atoms with Gasteiger partial charge < -0.3 is 5.48 Å². The molecule has 0 spiro atoms. The molecule has 0 aromatic carbocycles. The van der Waals surface area contributed by atoms with Crippen molar-refractivity contribution in [3.8, 4) is 0 Å². The highest BCUT2D eigenvalue weighted by atomic mass is 16.0. The molecule has 0 heterocycles. The molecule has 0 saturated heterocycles. The van der Waals surface area contributed by atoms with Crippen molar-refractivity contribution in [1.82, 2.24) is 0 Å². The minimum absolute atomic E-state index is 0. The Labute approximate surface area is 147 Å². The maximum absolute atomic E-state index is 2.54. The van der Waals surface area contributed by atoms with Gasteiger partial charge in [-0.25, -0.2) is 0 Å². The van der Waals surface area contributed by atoms with Gasteiger partial charge in [-0.05, 0) is 47.3 Å². The first-order valence-electron chi connectivity index (χ1n) is 10.1. The second kappa shape index (κ2) is 9.44. The van der Waals surface area contributed by atoms with Crippen molar-refractivity contribution in [2.24, 2.45) is 34.5 Å². The quantitative estimate of drug-likeness (QED) is 0.476. The molecule has 1 fully saturated rings. The van der Waals surface area contributed by atoms with Crippen LogP contribution in [-0.2, 0) is 0 Å². The fourth-order valence-corrected chi connectivity index (χ4v) is 5.08. The SMILES string of the molecule is CCCCCCCC1CC(C(C)(C)C)C(C)C(C(C)(C)C)C1.O. The highest BCUT2D eigenvalue weighted by molar-refractivity contribution is 4.93. The molecule has 0 aromatic rings. The second-order valence-electron chi connectivity index (χ2n) is 10.3. The van der Waals surface area contributed by atoms with Crippen LogP contribution in [0.5, 0.6) is 0 Å². The van der Waals surface area contributed by atoms with Gasteiger partial charge in [0.05, 0.1) is 0 Å². The summed E-state index contributed by atoms with van der Waals surface area (Å²) in [6.45, 7) is 19.7. The van der Waals surface area contributed by atoms with Gasteiger partial charge >= 0.3 is 0 Å². The standard InChI is InChI=1S/C22H44.H2O/c1-9-10-11-12-13-14-18-15-19(21(3,4)5)17(2)20(16-18)22(6,7)8;/h17-20H,9-16H2,1-8H3;1H2. The number of rotatable bonds is 6. The molecule has 1 heteroatoms. The first-order chi connectivity index (χ1) is 10.1. The van der Waals surface area contributed by atoms with Crippen molar-refractivity contribution in [2.75, 3.05) is 0 Å². The van der Waals surface area contributed by atoms with Crippen LogP contribution in [0.4, 0.5) is 0 Å². The lowest BCUT2D eigenvalue weighted by Gasteiger charge is -2.50. The van der Waals surface area contributed by atoms with Gasteiger partial charge in [-0.1, -0.05) is 93.9 Å². The van der Waals surface area contributed by atoms with Gasteiger partial charge in [-0.15, -0.1) is 0 Å². The monoisotopic (exact) mass is 326 g/mol. The predicted molar refractivity (Wildman–Crippen MR) is 105 cm³/mol. The third-order valence-corrected chi connectivity index (χ3v) is 6.38. The molecule has 0 aliphatic heterocycles. The van der Waals surface area contributed by atoms with Crippen LogP contribution in [0.3, 0.4) is 0 Å². The van der Waals surface area contributed by atoms with E-state index < -0.39 is 0 Å². The lowest BCUT2D eigenvalue weighted by molar-refractivity contribution is -0.0110. The van der Waals surface area contributed by atoms with Crippen molar-refractivity contribution in [3.63, 3.8) is 0 Å². The average Bonchev–Trinajstić information content (AvgIpc) is 2.37. The molecule has 23 heavy (non-hydrogen) atoms. The van der Waals surface area contributed by atoms with E-state index in [1.165, 1.54) is 51.4 Å². The maximum Gasteiger partial charge on any atom is -0.0334 e. The Hall–Kier alpha value is -0.0400. The Morgan fingerprint density at radius 3 is 1.57 bits per heavy atom. The summed E-state index contributed by atoms with van der Waals surface area (Å²) in [6, 6.07) is 0. The molecular formula is C22H46O. The fourth-order valence-electron chi connectivity index (χ4n) is 5.08. The van der Waals surface area contributed by atoms with Crippen molar-refractivity contribution in [1.29, 1.82) is 0 Å². The molecule has 1 rings (SSSR count). The smallest absolute Gasteiger partial charge is 0.0334 e. The first kappa shape index (κ1) is 23.0. The van der Waals surface area contributed by atoms with Crippen LogP contribution in [-0.4, -0.2) is 5.48 Å². The van der Waals surface area contributed by atoms with Crippen molar-refractivity contribution in [3.05, 3.63) is 0 Å². The van der Waals surface area contributed by atoms with Crippen LogP contribution in [0.2, 0.25) is 0 Å². The maximum atomic E-state index is 2.54. The molecule has 140 valence electrons. The van der Waals surface area contributed by atoms with E-state index in [2.05, 4.69) is 55.4 Å². The van der Waals surface area contributed by atoms with Gasteiger partial charge in [0.2, 0.25) is 0 Å². The zero-order valence-electron chi connectivity index (χ0n) is 17.5. The van der Waals surface area contributed by atoms with E-state index >= 15 is 0 Å². The zero-order chi connectivity index (χ0) is 17.0. The number of unbranched alkanes of at least 4 members (excludes halogenated alkanes) is 4. The van der Waals surface area contributed by atoms with Gasteiger partial charge in [0.25, 0.3) is 0 Å². The highest BCUT2D eigenvalue weighted by Gasteiger charge is 2.44. The van der Waals surface area contributed by atoms with E-state index in [1.54, 1.807) is 0 Å². The highest BCUT2D eigenvalue weighted by Crippen LogP contribution is 2.52. The summed E-state index contributed by atoms with van der Waals surface area (Å²) in [6.07, 6.45) is 11.6. The second-order valence-corrected chi connectivity index (χ2v) is 10.3. The molecule has 0 radical (unpaired) electrons. The fraction of sp³-hybridized carbons (Fsp3) is 1.00. The van der Waals surface area contributed by atoms with Crippen LogP contribution in [0, 0.1) is 34.5 Å². The largest absolute Gasteiger partial charge is 0.412 e. The molecule has 2 atom stereocenters. The molecule has 0 amide bonds. The van der Waals surface area contributed by atoms with E-state index in [9.17, 15) is 0 Å². The molecule has 1 nitrogen and oxygen atoms in total. The van der Waals surface area contributed by atoms with E-state index in [0.717, 1.165) is 23.7 Å². The molecule has 2 N–H and O–H groups in total. The van der Waals surface area contributed by atoms with Crippen LogP contribution < -0.4 is 0 Å². The molecule has 0 bridgehead atoms. The molecular weight excluding hydrogens is 280 g/mol. The lowest BCUT2D eigenvalue weighted by atomic mass is 9.55. The molecule has 1 saturated carbocycles. The Kier molecular flexibility index (Phi) is 9.43. The lowest BCUT2D eigenvalue weighted by Crippen LogP contribution is -2.42. The Morgan fingerprint density at radius 2 is 1.17 bits per heavy atom. The molecule has 0 aromatic heterocycles. The van der Waals surface area contributed by atoms with E-state index in [-0.39, 0.29) is 5.48 Å². The van der Waals surface area contributed by atoms with Crippen LogP contribution in [0.25, 0.3) is 0 Å². The molecule has 1 aliphatic carbocycles. The Balaban J connectivity index is 0.00000484.